The molecule has 1 amide bonds. The first-order valence-electron chi connectivity index (χ1n) is 6.37. The number of halogens is 1. The number of hydrogen-bond donors (Lipinski definition) is 0. The Hall–Kier alpha value is -2.13. The molecule has 0 aliphatic carbocycles. The summed E-state index contributed by atoms with van der Waals surface area (Å²) in [5.74, 6) is -0.319. The minimum atomic E-state index is -0.421. The first-order chi connectivity index (χ1) is 9.65. The highest BCUT2D eigenvalue weighted by atomic mass is 19.1. The molecule has 1 atom stereocenters. The van der Waals surface area contributed by atoms with Crippen LogP contribution >= 0.6 is 0 Å². The normalized spacial score (nSPS) is 17.4. The van der Waals surface area contributed by atoms with E-state index in [0.717, 1.165) is 5.56 Å². The Morgan fingerprint density at radius 1 is 1.30 bits per heavy atom. The van der Waals surface area contributed by atoms with Crippen LogP contribution in [0.4, 0.5) is 9.18 Å². The summed E-state index contributed by atoms with van der Waals surface area (Å²) in [7, 11) is 1.35. The standard InChI is InChI=1S/C14H16FN3O2/c1-20-14(19)18-8-6-17(7-9-18)13(10-16)11-2-4-12(15)5-3-11/h2-5,13H,6-9H2,1H3. The molecule has 1 unspecified atom stereocenters. The lowest BCUT2D eigenvalue weighted by molar-refractivity contribution is 0.0834. The lowest BCUT2D eigenvalue weighted by Gasteiger charge is -2.36. The first kappa shape index (κ1) is 14.3. The number of nitriles is 1. The third kappa shape index (κ3) is 3.06. The van der Waals surface area contributed by atoms with E-state index in [1.54, 1.807) is 17.0 Å². The topological polar surface area (TPSA) is 56.6 Å². The average Bonchev–Trinajstić information content (AvgIpc) is 2.50. The Bertz CT molecular complexity index is 504. The van der Waals surface area contributed by atoms with Gasteiger partial charge in [0.25, 0.3) is 0 Å². The third-order valence-electron chi connectivity index (χ3n) is 3.42. The van der Waals surface area contributed by atoms with Gasteiger partial charge in [0.05, 0.1) is 13.2 Å². The number of nitrogens with zero attached hydrogens (tertiary/aromatic N) is 3. The molecule has 2 rings (SSSR count). The molecule has 0 spiro atoms. The molecule has 1 aliphatic rings. The van der Waals surface area contributed by atoms with Crippen LogP contribution in [0.1, 0.15) is 11.6 Å². The van der Waals surface area contributed by atoms with Gasteiger partial charge in [-0.1, -0.05) is 12.1 Å². The van der Waals surface area contributed by atoms with Crippen molar-refractivity contribution < 1.29 is 13.9 Å². The van der Waals surface area contributed by atoms with Crippen LogP contribution in [-0.4, -0.2) is 49.2 Å². The molecule has 1 aromatic rings. The van der Waals surface area contributed by atoms with Gasteiger partial charge in [-0.05, 0) is 17.7 Å². The van der Waals surface area contributed by atoms with Crippen LogP contribution in [0.5, 0.6) is 0 Å². The minimum absolute atomic E-state index is 0.319. The summed E-state index contributed by atoms with van der Waals surface area (Å²) < 4.78 is 17.6. The second-order valence-corrected chi connectivity index (χ2v) is 4.58. The van der Waals surface area contributed by atoms with Crippen LogP contribution < -0.4 is 0 Å². The van der Waals surface area contributed by atoms with E-state index in [1.807, 2.05) is 4.90 Å². The van der Waals surface area contributed by atoms with Crippen molar-refractivity contribution in [2.24, 2.45) is 0 Å². The van der Waals surface area contributed by atoms with Gasteiger partial charge in [-0.25, -0.2) is 9.18 Å². The average molecular weight is 277 g/mol. The second kappa shape index (κ2) is 6.35. The Labute approximate surface area is 117 Å². The van der Waals surface area contributed by atoms with Crippen molar-refractivity contribution in [2.45, 2.75) is 6.04 Å². The predicted molar refractivity (Wildman–Crippen MR) is 70.3 cm³/mol. The first-order valence-corrected chi connectivity index (χ1v) is 6.37. The van der Waals surface area contributed by atoms with E-state index in [4.69, 9.17) is 0 Å². The third-order valence-corrected chi connectivity index (χ3v) is 3.42. The maximum atomic E-state index is 12.9. The summed E-state index contributed by atoms with van der Waals surface area (Å²) in [6.07, 6.45) is -0.347. The highest BCUT2D eigenvalue weighted by Gasteiger charge is 2.27. The molecule has 20 heavy (non-hydrogen) atoms. The molecule has 0 bridgehead atoms. The molecule has 0 N–H and O–H groups in total. The van der Waals surface area contributed by atoms with Crippen molar-refractivity contribution in [1.82, 2.24) is 9.80 Å². The monoisotopic (exact) mass is 277 g/mol. The maximum Gasteiger partial charge on any atom is 0.409 e. The highest BCUT2D eigenvalue weighted by Crippen LogP contribution is 2.22. The van der Waals surface area contributed by atoms with Crippen LogP contribution in [0.3, 0.4) is 0 Å². The zero-order valence-electron chi connectivity index (χ0n) is 11.3. The van der Waals surface area contributed by atoms with Crippen LogP contribution in [0.25, 0.3) is 0 Å². The molecular weight excluding hydrogens is 261 g/mol. The molecule has 0 aromatic heterocycles. The van der Waals surface area contributed by atoms with Gasteiger partial charge in [0, 0.05) is 26.2 Å². The number of piperazine rings is 1. The molecule has 6 heteroatoms. The van der Waals surface area contributed by atoms with E-state index < -0.39 is 6.04 Å². The predicted octanol–water partition coefficient (Wildman–Crippen LogP) is 1.77. The van der Waals surface area contributed by atoms with Gasteiger partial charge in [0.15, 0.2) is 0 Å². The lowest BCUT2D eigenvalue weighted by Crippen LogP contribution is -2.49. The van der Waals surface area contributed by atoms with Crippen molar-refractivity contribution in [1.29, 1.82) is 5.26 Å². The summed E-state index contributed by atoms with van der Waals surface area (Å²) in [6.45, 7) is 2.22. The van der Waals surface area contributed by atoms with Crippen LogP contribution in [0, 0.1) is 17.1 Å². The van der Waals surface area contributed by atoms with E-state index in [-0.39, 0.29) is 11.9 Å². The van der Waals surface area contributed by atoms with Gasteiger partial charge in [-0.2, -0.15) is 5.26 Å². The minimum Gasteiger partial charge on any atom is -0.453 e. The fraction of sp³-hybridized carbons (Fsp3) is 0.429. The number of rotatable bonds is 2. The number of benzene rings is 1. The van der Waals surface area contributed by atoms with Crippen molar-refractivity contribution >= 4 is 6.09 Å². The van der Waals surface area contributed by atoms with Crippen LogP contribution in [0.15, 0.2) is 24.3 Å². The van der Waals surface area contributed by atoms with Gasteiger partial charge in [0.1, 0.15) is 11.9 Å². The Morgan fingerprint density at radius 3 is 2.40 bits per heavy atom. The van der Waals surface area contributed by atoms with E-state index in [1.165, 1.54) is 19.2 Å². The fourth-order valence-electron chi connectivity index (χ4n) is 2.30. The van der Waals surface area contributed by atoms with Crippen molar-refractivity contribution in [3.8, 4) is 6.07 Å². The smallest absolute Gasteiger partial charge is 0.409 e. The number of ether oxygens (including phenoxy) is 1. The quantitative estimate of drug-likeness (QED) is 0.826. The summed E-state index contributed by atoms with van der Waals surface area (Å²) in [4.78, 5) is 15.0. The Kier molecular flexibility index (Phi) is 4.53. The molecule has 106 valence electrons. The van der Waals surface area contributed by atoms with Crippen LogP contribution in [-0.2, 0) is 4.74 Å². The molecule has 1 fully saturated rings. The molecule has 0 radical (unpaired) electrons. The molecule has 0 saturated carbocycles. The number of hydrogen-bond acceptors (Lipinski definition) is 4. The van der Waals surface area contributed by atoms with E-state index in [9.17, 15) is 14.4 Å². The Morgan fingerprint density at radius 2 is 1.90 bits per heavy atom. The SMILES string of the molecule is COC(=O)N1CCN(C(C#N)c2ccc(F)cc2)CC1. The summed E-state index contributed by atoms with van der Waals surface area (Å²) in [5.41, 5.74) is 0.764. The Balaban J connectivity index is 2.02. The second-order valence-electron chi connectivity index (χ2n) is 4.58. The van der Waals surface area contributed by atoms with Gasteiger partial charge in [0.2, 0.25) is 0 Å². The maximum absolute atomic E-state index is 12.9. The molecule has 1 aromatic carbocycles. The summed E-state index contributed by atoms with van der Waals surface area (Å²) >= 11 is 0. The highest BCUT2D eigenvalue weighted by molar-refractivity contribution is 5.67. The number of carbonyl (C=O) groups is 1. The van der Waals surface area contributed by atoms with Gasteiger partial charge < -0.3 is 9.64 Å². The fourth-order valence-corrected chi connectivity index (χ4v) is 2.30. The van der Waals surface area contributed by atoms with Crippen molar-refractivity contribution in [3.63, 3.8) is 0 Å². The van der Waals surface area contributed by atoms with Gasteiger partial charge in [-0.15, -0.1) is 0 Å². The summed E-state index contributed by atoms with van der Waals surface area (Å²) in [6, 6.07) is 7.76. The molecule has 1 heterocycles. The van der Waals surface area contributed by atoms with E-state index in [2.05, 4.69) is 10.8 Å². The van der Waals surface area contributed by atoms with Gasteiger partial charge >= 0.3 is 6.09 Å². The number of amides is 1. The van der Waals surface area contributed by atoms with Crippen molar-refractivity contribution in [2.75, 3.05) is 33.3 Å². The molecule has 1 aliphatic heterocycles. The van der Waals surface area contributed by atoms with E-state index >= 15 is 0 Å². The molecule has 1 saturated heterocycles. The van der Waals surface area contributed by atoms with Crippen molar-refractivity contribution in [3.05, 3.63) is 35.6 Å². The van der Waals surface area contributed by atoms with E-state index in [0.29, 0.717) is 26.2 Å². The molecule has 5 nitrogen and oxygen atoms in total. The van der Waals surface area contributed by atoms with Gasteiger partial charge in [-0.3, -0.25) is 4.90 Å². The number of carbonyl (C=O) groups excluding carboxylic acids is 1. The zero-order valence-corrected chi connectivity index (χ0v) is 11.3. The number of methoxy groups -OCH3 is 1. The zero-order chi connectivity index (χ0) is 14.5. The van der Waals surface area contributed by atoms with Crippen LogP contribution in [0.2, 0.25) is 0 Å². The summed E-state index contributed by atoms with van der Waals surface area (Å²) in [5, 5.41) is 9.33. The lowest BCUT2D eigenvalue weighted by atomic mass is 10.1. The molecular formula is C14H16FN3O2. The largest absolute Gasteiger partial charge is 0.453 e.